The van der Waals surface area contributed by atoms with Crippen molar-refractivity contribution in [2.45, 2.75) is 51.9 Å². The van der Waals surface area contributed by atoms with E-state index in [0.29, 0.717) is 0 Å². The Bertz CT molecular complexity index is 494. The third-order valence-electron chi connectivity index (χ3n) is 2.34. The first-order valence-electron chi connectivity index (χ1n) is 9.37. The van der Waals surface area contributed by atoms with E-state index in [1.165, 1.54) is 0 Å². The Morgan fingerprint density at radius 3 is 0.700 bits per heavy atom. The molecule has 0 aromatic heterocycles. The summed E-state index contributed by atoms with van der Waals surface area (Å²) in [6.45, 7) is 9.23. The predicted octanol–water partition coefficient (Wildman–Crippen LogP) is 0.799. The summed E-state index contributed by atoms with van der Waals surface area (Å²) < 4.78 is 0. The maximum atomic E-state index is 2.99. The molecule has 4 aliphatic rings. The first kappa shape index (κ1) is 38.3. The summed E-state index contributed by atoms with van der Waals surface area (Å²) in [7, 11) is 0. The Morgan fingerprint density at radius 2 is 0.667 bits per heavy atom. The Hall–Kier alpha value is 1.08. The van der Waals surface area contributed by atoms with E-state index in [4.69, 9.17) is 0 Å². The van der Waals surface area contributed by atoms with Crippen LogP contribution in [0.5, 0.6) is 0 Å². The molecule has 0 heterocycles. The number of allylic oxidation sites excluding steroid dienone is 16. The van der Waals surface area contributed by atoms with Gasteiger partial charge in [0.15, 0.2) is 0 Å². The largest absolute Gasteiger partial charge is 1.00 e. The molecule has 4 aliphatic carbocycles. The Balaban J connectivity index is -0.000000134. The van der Waals surface area contributed by atoms with Gasteiger partial charge in [0.2, 0.25) is 0 Å². The minimum atomic E-state index is 0. The number of hydrogen-bond donors (Lipinski definition) is 0. The zero-order chi connectivity index (χ0) is 21.3. The van der Waals surface area contributed by atoms with Crippen LogP contribution in [0.2, 0.25) is 26.2 Å². The van der Waals surface area contributed by atoms with E-state index in [0.717, 1.165) is 25.7 Å². The van der Waals surface area contributed by atoms with Gasteiger partial charge in [0.25, 0.3) is 0 Å². The molecule has 0 unspecified atom stereocenters. The summed E-state index contributed by atoms with van der Waals surface area (Å²) in [5.74, 6) is 0. The molecule has 0 radical (unpaired) electrons. The summed E-state index contributed by atoms with van der Waals surface area (Å²) >= 11 is 3.48. The molecule has 0 aromatic rings. The number of hydrogen-bond acceptors (Lipinski definition) is 0. The van der Waals surface area contributed by atoms with Crippen LogP contribution in [-0.2, 0) is 46.7 Å². The summed E-state index contributed by atoms with van der Waals surface area (Å²) in [6.07, 6.45) is 40.0. The smallest absolute Gasteiger partial charge is 0.109 e. The van der Waals surface area contributed by atoms with Crippen molar-refractivity contribution in [3.05, 3.63) is 97.2 Å². The van der Waals surface area contributed by atoms with Gasteiger partial charge in [0.1, 0.15) is 0 Å². The molecule has 160 valence electrons. The first-order valence-corrected chi connectivity index (χ1v) is 21.7. The fourth-order valence-corrected chi connectivity index (χ4v) is 1.36. The predicted molar refractivity (Wildman–Crippen MR) is 121 cm³/mol. The molecule has 0 fully saturated rings. The third-order valence-corrected chi connectivity index (χ3v) is 2.34. The molecule has 0 amide bonds. The second-order valence-electron chi connectivity index (χ2n) is 6.01. The molecule has 0 bridgehead atoms. The van der Waals surface area contributed by atoms with Crippen molar-refractivity contribution in [3.8, 4) is 0 Å². The minimum Gasteiger partial charge on any atom is -1.00 e. The van der Waals surface area contributed by atoms with Crippen molar-refractivity contribution in [3.63, 3.8) is 0 Å². The van der Waals surface area contributed by atoms with Gasteiger partial charge in [0.05, 0.1) is 0 Å². The maximum Gasteiger partial charge on any atom is -0.109 e. The van der Waals surface area contributed by atoms with E-state index >= 15 is 0 Å². The van der Waals surface area contributed by atoms with E-state index in [1.807, 2.05) is 48.6 Å². The van der Waals surface area contributed by atoms with E-state index in [-0.39, 0.29) is 44.8 Å². The standard InChI is InChI=1S/4C5H5.2C2H6Si.2BrH.2Zr/c4*1-2-4-5-3-1;2*1-3-2;;;;/h4*1-3H,4H2;2*1-2H3;2*1H;;/q4*-1;;;;;2*+2/p-2. The van der Waals surface area contributed by atoms with E-state index < -0.39 is 0 Å². The normalized spacial score (nSPS) is 13.6. The van der Waals surface area contributed by atoms with Crippen LogP contribution in [0.1, 0.15) is 25.7 Å². The summed E-state index contributed by atoms with van der Waals surface area (Å²) in [6, 6.07) is 0. The van der Waals surface area contributed by atoms with E-state index in [1.54, 1.807) is 46.7 Å². The molecule has 4 rings (SSSR count). The molecule has 0 N–H and O–H groups in total. The molecule has 0 nitrogen and oxygen atoms in total. The van der Waals surface area contributed by atoms with Crippen LogP contribution in [0.15, 0.2) is 72.9 Å². The molecular formula is C24H32Br2Si2Zr2-2. The first-order chi connectivity index (χ1) is 13.5. The van der Waals surface area contributed by atoms with Crippen LogP contribution >= 0.6 is 0 Å². The van der Waals surface area contributed by atoms with Crippen LogP contribution in [0.4, 0.5) is 0 Å². The minimum absolute atomic E-state index is 0. The van der Waals surface area contributed by atoms with Crippen molar-refractivity contribution >= 4 is 10.9 Å². The van der Waals surface area contributed by atoms with Crippen molar-refractivity contribution in [2.75, 3.05) is 0 Å². The Morgan fingerprint density at radius 1 is 0.500 bits per heavy atom. The van der Waals surface area contributed by atoms with Gasteiger partial charge in [-0.2, -0.15) is 24.3 Å². The number of rotatable bonds is 0. The fourth-order valence-electron chi connectivity index (χ4n) is 1.36. The maximum absolute atomic E-state index is 2.99. The van der Waals surface area contributed by atoms with Crippen LogP contribution in [0, 0.1) is 24.3 Å². The second kappa shape index (κ2) is 34.7. The van der Waals surface area contributed by atoms with Gasteiger partial charge in [-0.05, 0) is 0 Å². The Kier molecular flexibility index (Phi) is 44.3. The van der Waals surface area contributed by atoms with Gasteiger partial charge in [0, 0.05) is 0 Å². The van der Waals surface area contributed by atoms with Gasteiger partial charge in [-0.15, -0.1) is 25.7 Å². The molecule has 0 saturated heterocycles. The second-order valence-corrected chi connectivity index (χ2v) is 24.8. The molecule has 0 spiro atoms. The average molecular weight is 719 g/mol. The number of halogens is 2. The monoisotopic (exact) mass is 714 g/mol. The van der Waals surface area contributed by atoms with Crippen LogP contribution in [0.3, 0.4) is 0 Å². The van der Waals surface area contributed by atoms with Crippen LogP contribution < -0.4 is 34.0 Å². The van der Waals surface area contributed by atoms with Gasteiger partial charge in [-0.1, -0.05) is 0 Å². The van der Waals surface area contributed by atoms with Crippen LogP contribution in [-0.4, -0.2) is 10.9 Å². The van der Waals surface area contributed by atoms with Crippen molar-refractivity contribution in [1.29, 1.82) is 0 Å². The molecule has 0 aliphatic heterocycles. The van der Waals surface area contributed by atoms with E-state index in [2.05, 4.69) is 74.8 Å². The Labute approximate surface area is 237 Å². The van der Waals surface area contributed by atoms with Gasteiger partial charge in [-0.25, -0.2) is 48.6 Å². The SMILES string of the molecule is C[Si](C)=[Zr+2].C[Si](C)=[Zr+2].[Br-].[Br-].[C-]1=CC=CC1.[C-]1=CC=CC1.[C-]1=CC=CC1.[C-]1=CC=CC1. The van der Waals surface area contributed by atoms with Crippen molar-refractivity contribution in [1.82, 2.24) is 0 Å². The third kappa shape index (κ3) is 51.6. The zero-order valence-electron chi connectivity index (χ0n) is 18.5. The van der Waals surface area contributed by atoms with Crippen molar-refractivity contribution in [2.24, 2.45) is 0 Å². The summed E-state index contributed by atoms with van der Waals surface area (Å²) in [5.41, 5.74) is 0.421. The van der Waals surface area contributed by atoms with E-state index in [9.17, 15) is 0 Å². The topological polar surface area (TPSA) is 0 Å². The van der Waals surface area contributed by atoms with Gasteiger partial charge < -0.3 is 34.0 Å². The summed E-state index contributed by atoms with van der Waals surface area (Å²) in [5, 5.41) is 0. The fraction of sp³-hybridized carbons (Fsp3) is 0.333. The molecule has 0 atom stereocenters. The zero-order valence-corrected chi connectivity index (χ0v) is 28.6. The molecule has 6 heteroatoms. The van der Waals surface area contributed by atoms with Crippen LogP contribution in [0.25, 0.3) is 0 Å². The summed E-state index contributed by atoms with van der Waals surface area (Å²) in [4.78, 5) is 0. The van der Waals surface area contributed by atoms with Crippen molar-refractivity contribution < 1.29 is 80.6 Å². The average Bonchev–Trinajstić information content (AvgIpc) is 3.52. The van der Waals surface area contributed by atoms with Gasteiger partial charge >= 0.3 is 83.7 Å². The molecule has 0 saturated carbocycles. The molecule has 0 aromatic carbocycles. The quantitative estimate of drug-likeness (QED) is 0.257. The van der Waals surface area contributed by atoms with Gasteiger partial charge in [-0.3, -0.25) is 24.3 Å². The molecule has 30 heavy (non-hydrogen) atoms. The molecular weight excluding hydrogens is 687 g/mol.